The monoisotopic (exact) mass is 419 g/mol. The van der Waals surface area contributed by atoms with Crippen LogP contribution in [0.25, 0.3) is 5.69 Å². The highest BCUT2D eigenvalue weighted by Crippen LogP contribution is 2.29. The Morgan fingerprint density at radius 3 is 2.55 bits per heavy atom. The van der Waals surface area contributed by atoms with Crippen LogP contribution in [0.2, 0.25) is 0 Å². The van der Waals surface area contributed by atoms with E-state index in [0.29, 0.717) is 35.0 Å². The SMILES string of the molecule is C=C(Nc1c(C=N)nc(Nc2ccccc2F)n1-c1ccccc1)NC1CCNCC1. The quantitative estimate of drug-likeness (QED) is 0.357. The van der Waals surface area contributed by atoms with Gasteiger partial charge in [0.1, 0.15) is 17.3 Å². The molecule has 3 aromatic rings. The van der Waals surface area contributed by atoms with Crippen molar-refractivity contribution in [2.45, 2.75) is 18.9 Å². The average molecular weight is 420 g/mol. The van der Waals surface area contributed by atoms with Gasteiger partial charge in [-0.15, -0.1) is 0 Å². The lowest BCUT2D eigenvalue weighted by molar-refractivity contribution is 0.413. The molecule has 1 saturated heterocycles. The summed E-state index contributed by atoms with van der Waals surface area (Å²) in [5.74, 6) is 1.22. The minimum atomic E-state index is -0.381. The number of halogens is 1. The highest BCUT2D eigenvalue weighted by Gasteiger charge is 2.20. The highest BCUT2D eigenvalue weighted by atomic mass is 19.1. The number of para-hydroxylation sites is 2. The maximum absolute atomic E-state index is 14.3. The summed E-state index contributed by atoms with van der Waals surface area (Å²) in [4.78, 5) is 4.54. The van der Waals surface area contributed by atoms with E-state index in [2.05, 4.69) is 32.8 Å². The molecule has 2 heterocycles. The molecule has 0 bridgehead atoms. The van der Waals surface area contributed by atoms with Crippen LogP contribution in [0.3, 0.4) is 0 Å². The lowest BCUT2D eigenvalue weighted by Gasteiger charge is -2.26. The van der Waals surface area contributed by atoms with E-state index in [4.69, 9.17) is 5.41 Å². The summed E-state index contributed by atoms with van der Waals surface area (Å²) in [6.45, 7) is 6.06. The highest BCUT2D eigenvalue weighted by molar-refractivity contribution is 5.85. The first-order chi connectivity index (χ1) is 15.2. The van der Waals surface area contributed by atoms with E-state index in [1.165, 1.54) is 12.3 Å². The van der Waals surface area contributed by atoms with E-state index >= 15 is 0 Å². The fourth-order valence-corrected chi connectivity index (χ4v) is 3.65. The molecule has 7 nitrogen and oxygen atoms in total. The normalized spacial score (nSPS) is 14.1. The Hall–Kier alpha value is -3.65. The van der Waals surface area contributed by atoms with Crippen LogP contribution in [0.1, 0.15) is 18.5 Å². The molecule has 5 N–H and O–H groups in total. The van der Waals surface area contributed by atoms with Crippen molar-refractivity contribution in [3.05, 3.63) is 78.5 Å². The molecule has 0 amide bonds. The first-order valence-corrected chi connectivity index (χ1v) is 10.3. The zero-order valence-electron chi connectivity index (χ0n) is 17.2. The van der Waals surface area contributed by atoms with Gasteiger partial charge in [0.25, 0.3) is 0 Å². The summed E-state index contributed by atoms with van der Waals surface area (Å²) in [5, 5.41) is 21.0. The Bertz CT molecular complexity index is 1060. The Kier molecular flexibility index (Phi) is 6.28. The molecule has 4 rings (SSSR count). The van der Waals surface area contributed by atoms with Crippen LogP contribution < -0.4 is 21.3 Å². The number of benzene rings is 2. The summed E-state index contributed by atoms with van der Waals surface area (Å²) in [5.41, 5.74) is 1.54. The summed E-state index contributed by atoms with van der Waals surface area (Å²) < 4.78 is 16.1. The van der Waals surface area contributed by atoms with Crippen molar-refractivity contribution in [3.8, 4) is 5.69 Å². The molecule has 160 valence electrons. The number of rotatable bonds is 8. The van der Waals surface area contributed by atoms with Crippen molar-refractivity contribution >= 4 is 23.7 Å². The molecule has 1 aliphatic rings. The largest absolute Gasteiger partial charge is 0.369 e. The number of piperidine rings is 1. The third kappa shape index (κ3) is 4.75. The second kappa shape index (κ2) is 9.44. The minimum absolute atomic E-state index is 0.305. The second-order valence-corrected chi connectivity index (χ2v) is 7.36. The van der Waals surface area contributed by atoms with Crippen LogP contribution in [0.5, 0.6) is 0 Å². The van der Waals surface area contributed by atoms with Crippen molar-refractivity contribution in [1.29, 1.82) is 5.41 Å². The van der Waals surface area contributed by atoms with Gasteiger partial charge in [0, 0.05) is 12.3 Å². The number of hydrogen-bond donors (Lipinski definition) is 5. The third-order valence-electron chi connectivity index (χ3n) is 5.16. The number of nitrogens with one attached hydrogen (secondary N) is 5. The average Bonchev–Trinajstić information content (AvgIpc) is 3.13. The van der Waals surface area contributed by atoms with Gasteiger partial charge in [-0.2, -0.15) is 0 Å². The number of hydrogen-bond acceptors (Lipinski definition) is 6. The second-order valence-electron chi connectivity index (χ2n) is 7.36. The predicted molar refractivity (Wildman–Crippen MR) is 123 cm³/mol. The van der Waals surface area contributed by atoms with Gasteiger partial charge in [0.05, 0.1) is 17.2 Å². The molecule has 0 unspecified atom stereocenters. The van der Waals surface area contributed by atoms with E-state index in [1.807, 2.05) is 34.9 Å². The smallest absolute Gasteiger partial charge is 0.214 e. The van der Waals surface area contributed by atoms with E-state index in [0.717, 1.165) is 31.6 Å². The molecule has 1 fully saturated rings. The van der Waals surface area contributed by atoms with Crippen molar-refractivity contribution < 1.29 is 4.39 Å². The topological polar surface area (TPSA) is 89.8 Å². The Labute approximate surface area is 180 Å². The van der Waals surface area contributed by atoms with Gasteiger partial charge in [-0.1, -0.05) is 36.9 Å². The molecule has 1 aromatic heterocycles. The lowest BCUT2D eigenvalue weighted by atomic mass is 10.1. The number of anilines is 3. The molecule has 0 saturated carbocycles. The van der Waals surface area contributed by atoms with Gasteiger partial charge < -0.3 is 26.7 Å². The number of aromatic nitrogens is 2. The van der Waals surface area contributed by atoms with Gasteiger partial charge in [-0.25, -0.2) is 9.37 Å². The van der Waals surface area contributed by atoms with E-state index < -0.39 is 0 Å². The van der Waals surface area contributed by atoms with Crippen LogP contribution in [0.4, 0.5) is 21.8 Å². The Balaban J connectivity index is 1.69. The van der Waals surface area contributed by atoms with E-state index in [-0.39, 0.29) is 5.82 Å². The van der Waals surface area contributed by atoms with Crippen LogP contribution in [0, 0.1) is 11.2 Å². The van der Waals surface area contributed by atoms with Crippen LogP contribution in [-0.2, 0) is 0 Å². The zero-order valence-corrected chi connectivity index (χ0v) is 17.2. The minimum Gasteiger partial charge on any atom is -0.369 e. The molecule has 0 radical (unpaired) electrons. The first kappa shape index (κ1) is 20.6. The molecule has 31 heavy (non-hydrogen) atoms. The molecule has 0 aliphatic carbocycles. The Morgan fingerprint density at radius 2 is 1.84 bits per heavy atom. The van der Waals surface area contributed by atoms with Crippen LogP contribution >= 0.6 is 0 Å². The fraction of sp³-hybridized carbons (Fsp3) is 0.217. The third-order valence-corrected chi connectivity index (χ3v) is 5.16. The van der Waals surface area contributed by atoms with Gasteiger partial charge in [-0.05, 0) is 50.2 Å². The van der Waals surface area contributed by atoms with Gasteiger partial charge in [0.2, 0.25) is 5.95 Å². The summed E-state index contributed by atoms with van der Waals surface area (Å²) >= 11 is 0. The van der Waals surface area contributed by atoms with E-state index in [9.17, 15) is 4.39 Å². The molecule has 0 atom stereocenters. The standard InChI is InChI=1S/C23H26FN7/c1-16(27-17-11-13-26-14-12-17)28-22-21(15-25)30-23(29-20-10-6-5-9-19(20)24)31(22)18-7-3-2-4-8-18/h2-10,15,17,25-28H,1,11-14H2,(H,29,30). The van der Waals surface area contributed by atoms with Crippen LogP contribution in [0.15, 0.2) is 67.0 Å². The Morgan fingerprint density at radius 1 is 1.13 bits per heavy atom. The summed E-state index contributed by atoms with van der Waals surface area (Å²) in [6, 6.07) is 16.4. The molecule has 2 aromatic carbocycles. The van der Waals surface area contributed by atoms with Crippen molar-refractivity contribution in [1.82, 2.24) is 20.2 Å². The number of imidazole rings is 1. The maximum atomic E-state index is 14.3. The molecular formula is C23H26FN7. The predicted octanol–water partition coefficient (Wildman–Crippen LogP) is 3.98. The zero-order chi connectivity index (χ0) is 21.6. The van der Waals surface area contributed by atoms with E-state index in [1.54, 1.807) is 18.2 Å². The van der Waals surface area contributed by atoms with Gasteiger partial charge >= 0.3 is 0 Å². The fourth-order valence-electron chi connectivity index (χ4n) is 3.65. The van der Waals surface area contributed by atoms with Gasteiger partial charge in [-0.3, -0.25) is 4.57 Å². The molecule has 8 heteroatoms. The van der Waals surface area contributed by atoms with Crippen molar-refractivity contribution in [3.63, 3.8) is 0 Å². The molecular weight excluding hydrogens is 393 g/mol. The molecule has 1 aliphatic heterocycles. The first-order valence-electron chi connectivity index (χ1n) is 10.3. The van der Waals surface area contributed by atoms with Crippen molar-refractivity contribution in [2.24, 2.45) is 0 Å². The number of nitrogens with zero attached hydrogens (tertiary/aromatic N) is 2. The molecule has 0 spiro atoms. The lowest BCUT2D eigenvalue weighted by Crippen LogP contribution is -2.40. The maximum Gasteiger partial charge on any atom is 0.214 e. The van der Waals surface area contributed by atoms with Crippen molar-refractivity contribution in [2.75, 3.05) is 23.7 Å². The van der Waals surface area contributed by atoms with Gasteiger partial charge in [0.15, 0.2) is 0 Å². The van der Waals surface area contributed by atoms with Crippen LogP contribution in [-0.4, -0.2) is 34.9 Å². The summed E-state index contributed by atoms with van der Waals surface area (Å²) in [6.07, 6.45) is 3.19. The summed E-state index contributed by atoms with van der Waals surface area (Å²) in [7, 11) is 0.